The highest BCUT2D eigenvalue weighted by Crippen LogP contribution is 2.34. The van der Waals surface area contributed by atoms with Crippen molar-refractivity contribution in [1.29, 1.82) is 0 Å². The van der Waals surface area contributed by atoms with Crippen molar-refractivity contribution in [1.82, 2.24) is 15.5 Å². The Bertz CT molecular complexity index is 1350. The Morgan fingerprint density at radius 1 is 0.867 bits per heavy atom. The van der Waals surface area contributed by atoms with E-state index < -0.39 is 53.2 Å². The first-order valence-electron chi connectivity index (χ1n) is 15.6. The zero-order chi connectivity index (χ0) is 33.5. The summed E-state index contributed by atoms with van der Waals surface area (Å²) in [5.41, 5.74) is 1.91. The Hall–Kier alpha value is -3.53. The van der Waals surface area contributed by atoms with Crippen molar-refractivity contribution in [3.8, 4) is 0 Å². The number of rotatable bonds is 11. The number of carbonyl (C=O) groups excluding carboxylic acids is 4. The minimum atomic E-state index is -1.08. The van der Waals surface area contributed by atoms with Crippen molar-refractivity contribution < 1.29 is 28.7 Å². The number of hydrogen-bond donors (Lipinski definition) is 3. The lowest BCUT2D eigenvalue weighted by Gasteiger charge is -2.43. The largest absolute Gasteiger partial charge is 0.458 e. The van der Waals surface area contributed by atoms with Crippen molar-refractivity contribution in [3.63, 3.8) is 0 Å². The van der Waals surface area contributed by atoms with Crippen molar-refractivity contribution >= 4 is 36.5 Å². The standard InChI is InChI=1S/C35H49N3O6S/c1-22-17-18-25(19-23(22)2)29(30(39)36-27(32(41)43-34(3,4)5)20-24-13-10-9-11-14-24)38(26-15-12-16-26)31(40)28(21-45)37-33(42)44-35(6,7)8/h9-11,13-14,17-19,26-29,45H,12,15-16,20-21H2,1-8H3,(H,36,39)(H,37,42). The molecule has 9 nitrogen and oxygen atoms in total. The van der Waals surface area contributed by atoms with Gasteiger partial charge in [0.05, 0.1) is 0 Å². The van der Waals surface area contributed by atoms with Crippen LogP contribution in [0.5, 0.6) is 0 Å². The van der Waals surface area contributed by atoms with Crippen LogP contribution in [0.1, 0.15) is 89.1 Å². The quantitative estimate of drug-likeness (QED) is 0.217. The number of amides is 3. The summed E-state index contributed by atoms with van der Waals surface area (Å²) < 4.78 is 11.1. The second-order valence-corrected chi connectivity index (χ2v) is 14.1. The summed E-state index contributed by atoms with van der Waals surface area (Å²) in [6, 6.07) is 11.7. The van der Waals surface area contributed by atoms with E-state index in [1.807, 2.05) is 62.4 Å². The number of ether oxygens (including phenoxy) is 2. The zero-order valence-corrected chi connectivity index (χ0v) is 28.7. The van der Waals surface area contributed by atoms with E-state index in [4.69, 9.17) is 9.47 Å². The average Bonchev–Trinajstić information content (AvgIpc) is 2.90. The first-order chi connectivity index (χ1) is 21.0. The maximum absolute atomic E-state index is 14.5. The number of aryl methyl sites for hydroxylation is 2. The summed E-state index contributed by atoms with van der Waals surface area (Å²) in [5, 5.41) is 5.60. The van der Waals surface area contributed by atoms with Gasteiger partial charge in [0, 0.05) is 18.2 Å². The molecule has 0 radical (unpaired) electrons. The first-order valence-corrected chi connectivity index (χ1v) is 16.2. The fourth-order valence-corrected chi connectivity index (χ4v) is 5.29. The number of thiol groups is 1. The zero-order valence-electron chi connectivity index (χ0n) is 27.8. The van der Waals surface area contributed by atoms with Crippen molar-refractivity contribution in [2.24, 2.45) is 0 Å². The number of nitrogens with one attached hydrogen (secondary N) is 2. The Labute approximate surface area is 273 Å². The molecule has 2 aromatic rings. The molecule has 1 fully saturated rings. The molecule has 0 aromatic heterocycles. The van der Waals surface area contributed by atoms with E-state index >= 15 is 0 Å². The van der Waals surface area contributed by atoms with Gasteiger partial charge in [-0.15, -0.1) is 0 Å². The number of benzene rings is 2. The Morgan fingerprint density at radius 2 is 1.49 bits per heavy atom. The molecule has 0 spiro atoms. The lowest BCUT2D eigenvalue weighted by atomic mass is 9.87. The van der Waals surface area contributed by atoms with Gasteiger partial charge in [-0.3, -0.25) is 9.59 Å². The molecule has 3 unspecified atom stereocenters. The van der Waals surface area contributed by atoms with Crippen LogP contribution in [0.25, 0.3) is 0 Å². The summed E-state index contributed by atoms with van der Waals surface area (Å²) in [6.45, 7) is 14.5. The third-order valence-electron chi connectivity index (χ3n) is 7.56. The summed E-state index contributed by atoms with van der Waals surface area (Å²) in [7, 11) is 0. The van der Waals surface area contributed by atoms with Gasteiger partial charge in [-0.1, -0.05) is 48.5 Å². The molecule has 2 N–H and O–H groups in total. The van der Waals surface area contributed by atoms with E-state index in [0.29, 0.717) is 18.4 Å². The molecule has 1 saturated carbocycles. The number of hydrogen-bond acceptors (Lipinski definition) is 7. The van der Waals surface area contributed by atoms with Crippen LogP contribution in [-0.2, 0) is 30.3 Å². The molecule has 10 heteroatoms. The summed E-state index contributed by atoms with van der Waals surface area (Å²) in [4.78, 5) is 56.5. The predicted molar refractivity (Wildman–Crippen MR) is 178 cm³/mol. The van der Waals surface area contributed by atoms with E-state index in [0.717, 1.165) is 23.1 Å². The predicted octanol–water partition coefficient (Wildman–Crippen LogP) is 5.62. The van der Waals surface area contributed by atoms with Crippen LogP contribution in [0, 0.1) is 13.8 Å². The van der Waals surface area contributed by atoms with E-state index in [9.17, 15) is 19.2 Å². The van der Waals surface area contributed by atoms with Gasteiger partial charge in [-0.25, -0.2) is 9.59 Å². The molecule has 0 bridgehead atoms. The van der Waals surface area contributed by atoms with E-state index in [1.54, 1.807) is 46.4 Å². The van der Waals surface area contributed by atoms with Gasteiger partial charge in [-0.2, -0.15) is 12.6 Å². The first kappa shape index (κ1) is 35.9. The minimum absolute atomic E-state index is 0.00288. The molecule has 3 atom stereocenters. The fraction of sp³-hybridized carbons (Fsp3) is 0.543. The van der Waals surface area contributed by atoms with Gasteiger partial charge in [0.25, 0.3) is 0 Å². The van der Waals surface area contributed by atoms with Crippen LogP contribution < -0.4 is 10.6 Å². The molecule has 45 heavy (non-hydrogen) atoms. The second kappa shape index (κ2) is 15.2. The fourth-order valence-electron chi connectivity index (χ4n) is 5.04. The summed E-state index contributed by atoms with van der Waals surface area (Å²) >= 11 is 4.39. The normalized spacial score (nSPS) is 15.6. The lowest BCUT2D eigenvalue weighted by molar-refractivity contribution is -0.159. The monoisotopic (exact) mass is 639 g/mol. The lowest BCUT2D eigenvalue weighted by Crippen LogP contribution is -2.59. The van der Waals surface area contributed by atoms with Gasteiger partial charge in [0.1, 0.15) is 29.3 Å². The highest BCUT2D eigenvalue weighted by atomic mass is 32.1. The van der Waals surface area contributed by atoms with Crippen molar-refractivity contribution in [3.05, 3.63) is 70.8 Å². The van der Waals surface area contributed by atoms with E-state index in [1.165, 1.54) is 0 Å². The minimum Gasteiger partial charge on any atom is -0.458 e. The highest BCUT2D eigenvalue weighted by Gasteiger charge is 2.43. The molecule has 2 aromatic carbocycles. The van der Waals surface area contributed by atoms with Crippen LogP contribution in [0.2, 0.25) is 0 Å². The van der Waals surface area contributed by atoms with Gasteiger partial charge >= 0.3 is 12.1 Å². The van der Waals surface area contributed by atoms with Gasteiger partial charge in [0.2, 0.25) is 11.8 Å². The highest BCUT2D eigenvalue weighted by molar-refractivity contribution is 7.80. The molecule has 3 rings (SSSR count). The molecule has 1 aliphatic carbocycles. The molecule has 0 heterocycles. The number of esters is 1. The number of nitrogens with zero attached hydrogens (tertiary/aromatic N) is 1. The van der Waals surface area contributed by atoms with Gasteiger partial charge in [0.15, 0.2) is 0 Å². The third-order valence-corrected chi connectivity index (χ3v) is 7.92. The molecule has 246 valence electrons. The van der Waals surface area contributed by atoms with Crippen LogP contribution >= 0.6 is 12.6 Å². The molecule has 0 saturated heterocycles. The smallest absolute Gasteiger partial charge is 0.408 e. The van der Waals surface area contributed by atoms with Crippen LogP contribution in [0.15, 0.2) is 48.5 Å². The van der Waals surface area contributed by atoms with E-state index in [-0.39, 0.29) is 18.2 Å². The molecular weight excluding hydrogens is 590 g/mol. The van der Waals surface area contributed by atoms with Crippen LogP contribution in [0.3, 0.4) is 0 Å². The van der Waals surface area contributed by atoms with Crippen LogP contribution in [0.4, 0.5) is 4.79 Å². The Kier molecular flexibility index (Phi) is 12.1. The average molecular weight is 640 g/mol. The molecule has 3 amide bonds. The van der Waals surface area contributed by atoms with Gasteiger partial charge in [-0.05, 0) is 96.9 Å². The van der Waals surface area contributed by atoms with Crippen molar-refractivity contribution in [2.75, 3.05) is 5.75 Å². The maximum Gasteiger partial charge on any atom is 0.408 e. The topological polar surface area (TPSA) is 114 Å². The summed E-state index contributed by atoms with van der Waals surface area (Å²) in [5.74, 6) is -1.53. The molecule has 0 aliphatic heterocycles. The maximum atomic E-state index is 14.5. The molecular formula is C35H49N3O6S. The van der Waals surface area contributed by atoms with Crippen LogP contribution in [-0.4, -0.2) is 63.9 Å². The Balaban J connectivity index is 2.05. The Morgan fingerprint density at radius 3 is 2.00 bits per heavy atom. The number of carbonyl (C=O) groups is 4. The van der Waals surface area contributed by atoms with E-state index in [2.05, 4.69) is 23.3 Å². The van der Waals surface area contributed by atoms with Crippen molar-refractivity contribution in [2.45, 2.75) is 116 Å². The number of alkyl carbamates (subject to hydrolysis) is 1. The second-order valence-electron chi connectivity index (χ2n) is 13.7. The van der Waals surface area contributed by atoms with Gasteiger partial charge < -0.3 is 25.0 Å². The third kappa shape index (κ3) is 10.5. The molecule has 1 aliphatic rings. The SMILES string of the molecule is Cc1ccc(C(C(=O)NC(Cc2ccccc2)C(=O)OC(C)(C)C)N(C(=O)C(CS)NC(=O)OC(C)(C)C)C2CCC2)cc1C. The summed E-state index contributed by atoms with van der Waals surface area (Å²) in [6.07, 6.45) is 1.76.